The molecule has 2 aliphatic rings. The Labute approximate surface area is 154 Å². The summed E-state index contributed by atoms with van der Waals surface area (Å²) in [6.07, 6.45) is 5.01. The lowest BCUT2D eigenvalue weighted by Crippen LogP contribution is -2.45. The molecule has 0 aromatic carbocycles. The van der Waals surface area contributed by atoms with Crippen LogP contribution in [-0.2, 0) is 14.8 Å². The molecular formula is C17H27N3O3S2. The van der Waals surface area contributed by atoms with E-state index < -0.39 is 10.0 Å². The number of hydrogen-bond acceptors (Lipinski definition) is 5. The first-order valence-corrected chi connectivity index (χ1v) is 11.4. The molecule has 1 aromatic heterocycles. The minimum absolute atomic E-state index is 0.00694. The number of hydrogen-bond donors (Lipinski definition) is 1. The second-order valence-corrected chi connectivity index (χ2v) is 9.94. The van der Waals surface area contributed by atoms with Crippen LogP contribution in [0.15, 0.2) is 21.7 Å². The number of nitrogens with one attached hydrogen (secondary N) is 1. The minimum atomic E-state index is -3.46. The first-order chi connectivity index (χ1) is 12.1. The molecule has 3 heterocycles. The highest BCUT2D eigenvalue weighted by atomic mass is 32.2. The van der Waals surface area contributed by atoms with Gasteiger partial charge in [-0.3, -0.25) is 4.79 Å². The van der Waals surface area contributed by atoms with Crippen LogP contribution in [0.4, 0.5) is 0 Å². The van der Waals surface area contributed by atoms with Crippen molar-refractivity contribution in [1.82, 2.24) is 14.5 Å². The summed E-state index contributed by atoms with van der Waals surface area (Å²) in [5, 5.41) is 4.76. The van der Waals surface area contributed by atoms with E-state index in [2.05, 4.69) is 10.2 Å². The first-order valence-electron chi connectivity index (χ1n) is 9.11. The van der Waals surface area contributed by atoms with Gasteiger partial charge in [-0.2, -0.15) is 4.31 Å². The Hall–Kier alpha value is -0.960. The lowest BCUT2D eigenvalue weighted by Gasteiger charge is -2.30. The summed E-state index contributed by atoms with van der Waals surface area (Å²) in [6.45, 7) is 4.84. The number of thiophene rings is 1. The molecule has 1 amide bonds. The van der Waals surface area contributed by atoms with E-state index in [9.17, 15) is 13.2 Å². The van der Waals surface area contributed by atoms with E-state index in [0.717, 1.165) is 25.8 Å². The molecule has 140 valence electrons. The Kier molecular flexibility index (Phi) is 6.49. The highest BCUT2D eigenvalue weighted by Crippen LogP contribution is 2.26. The maximum Gasteiger partial charge on any atom is 0.252 e. The van der Waals surface area contributed by atoms with Gasteiger partial charge in [0.05, 0.1) is 5.92 Å². The summed E-state index contributed by atoms with van der Waals surface area (Å²) in [4.78, 5) is 14.8. The largest absolute Gasteiger partial charge is 0.356 e. The van der Waals surface area contributed by atoms with E-state index in [1.165, 1.54) is 41.6 Å². The zero-order valence-corrected chi connectivity index (χ0v) is 16.2. The smallest absolute Gasteiger partial charge is 0.252 e. The van der Waals surface area contributed by atoms with Gasteiger partial charge in [0.1, 0.15) is 4.21 Å². The Morgan fingerprint density at radius 1 is 1.24 bits per heavy atom. The molecule has 8 heteroatoms. The van der Waals surface area contributed by atoms with Crippen LogP contribution in [-0.4, -0.2) is 62.8 Å². The van der Waals surface area contributed by atoms with Gasteiger partial charge in [-0.05, 0) is 63.2 Å². The zero-order chi connectivity index (χ0) is 17.7. The molecule has 2 fully saturated rings. The second-order valence-electron chi connectivity index (χ2n) is 6.83. The third-order valence-electron chi connectivity index (χ3n) is 4.99. The van der Waals surface area contributed by atoms with Crippen molar-refractivity contribution in [2.75, 3.05) is 39.3 Å². The van der Waals surface area contributed by atoms with Gasteiger partial charge in [-0.1, -0.05) is 6.07 Å². The zero-order valence-electron chi connectivity index (χ0n) is 14.5. The van der Waals surface area contributed by atoms with Crippen molar-refractivity contribution < 1.29 is 13.2 Å². The van der Waals surface area contributed by atoms with Crippen LogP contribution in [0.2, 0.25) is 0 Å². The molecule has 0 unspecified atom stereocenters. The van der Waals surface area contributed by atoms with Crippen LogP contribution in [0, 0.1) is 5.92 Å². The molecule has 0 spiro atoms. The van der Waals surface area contributed by atoms with Crippen LogP contribution < -0.4 is 5.32 Å². The molecule has 1 N–H and O–H groups in total. The number of likely N-dealkylation sites (tertiary alicyclic amines) is 1. The van der Waals surface area contributed by atoms with Crippen molar-refractivity contribution in [3.8, 4) is 0 Å². The lowest BCUT2D eigenvalue weighted by atomic mass is 9.99. The summed E-state index contributed by atoms with van der Waals surface area (Å²) >= 11 is 1.23. The molecule has 0 bridgehead atoms. The normalized spacial score (nSPS) is 23.0. The van der Waals surface area contributed by atoms with E-state index in [4.69, 9.17) is 0 Å². The van der Waals surface area contributed by atoms with Crippen molar-refractivity contribution in [3.63, 3.8) is 0 Å². The molecule has 0 saturated carbocycles. The van der Waals surface area contributed by atoms with E-state index in [-0.39, 0.29) is 18.4 Å². The maximum absolute atomic E-state index is 12.6. The number of carbonyl (C=O) groups excluding carboxylic acids is 1. The van der Waals surface area contributed by atoms with Crippen LogP contribution in [0.25, 0.3) is 0 Å². The number of sulfonamides is 1. The molecule has 2 saturated heterocycles. The predicted octanol–water partition coefficient (Wildman–Crippen LogP) is 1.75. The van der Waals surface area contributed by atoms with Gasteiger partial charge in [0, 0.05) is 19.6 Å². The number of amides is 1. The molecule has 1 aromatic rings. The van der Waals surface area contributed by atoms with E-state index in [1.54, 1.807) is 17.5 Å². The number of piperidine rings is 1. The molecule has 0 aliphatic carbocycles. The van der Waals surface area contributed by atoms with Crippen LogP contribution in [0.3, 0.4) is 0 Å². The van der Waals surface area contributed by atoms with Crippen molar-refractivity contribution in [2.24, 2.45) is 5.92 Å². The minimum Gasteiger partial charge on any atom is -0.356 e. The van der Waals surface area contributed by atoms with E-state index in [1.807, 2.05) is 0 Å². The lowest BCUT2D eigenvalue weighted by molar-refractivity contribution is -0.126. The topological polar surface area (TPSA) is 69.7 Å². The van der Waals surface area contributed by atoms with Crippen molar-refractivity contribution >= 4 is 27.3 Å². The van der Waals surface area contributed by atoms with Crippen molar-refractivity contribution in [3.05, 3.63) is 17.5 Å². The number of rotatable bonds is 7. The fourth-order valence-corrected chi connectivity index (χ4v) is 6.25. The third kappa shape index (κ3) is 4.81. The standard InChI is InChI=1S/C17H27N3O3S2/c21-17(18-8-5-11-19-9-1-2-10-19)15-6-3-12-20(14-15)25(22,23)16-7-4-13-24-16/h4,7,13,15H,1-3,5-6,8-12,14H2,(H,18,21)/t15-/m0/s1. The summed E-state index contributed by atoms with van der Waals surface area (Å²) in [5.74, 6) is -0.247. The summed E-state index contributed by atoms with van der Waals surface area (Å²) < 4.78 is 27.1. The molecule has 1 atom stereocenters. The Morgan fingerprint density at radius 3 is 2.76 bits per heavy atom. The third-order valence-corrected chi connectivity index (χ3v) is 8.23. The van der Waals surface area contributed by atoms with Gasteiger partial charge in [-0.15, -0.1) is 11.3 Å². The Balaban J connectivity index is 1.46. The van der Waals surface area contributed by atoms with Gasteiger partial charge in [0.15, 0.2) is 0 Å². The first kappa shape index (κ1) is 18.8. The van der Waals surface area contributed by atoms with Gasteiger partial charge in [-0.25, -0.2) is 8.42 Å². The van der Waals surface area contributed by atoms with Crippen LogP contribution in [0.5, 0.6) is 0 Å². The van der Waals surface area contributed by atoms with E-state index >= 15 is 0 Å². The highest BCUT2D eigenvalue weighted by Gasteiger charge is 2.33. The number of carbonyl (C=O) groups is 1. The molecule has 6 nitrogen and oxygen atoms in total. The SMILES string of the molecule is O=C(NCCCN1CCCC1)[C@H]1CCCN(S(=O)(=O)c2cccs2)C1. The molecule has 0 radical (unpaired) electrons. The average Bonchev–Trinajstić information content (AvgIpc) is 3.32. The monoisotopic (exact) mass is 385 g/mol. The van der Waals surface area contributed by atoms with Crippen LogP contribution >= 0.6 is 11.3 Å². The summed E-state index contributed by atoms with van der Waals surface area (Å²) in [6, 6.07) is 3.37. The Bertz CT molecular complexity index is 655. The average molecular weight is 386 g/mol. The van der Waals surface area contributed by atoms with E-state index in [0.29, 0.717) is 17.3 Å². The quantitative estimate of drug-likeness (QED) is 0.726. The Morgan fingerprint density at radius 2 is 2.04 bits per heavy atom. The fraction of sp³-hybridized carbons (Fsp3) is 0.706. The van der Waals surface area contributed by atoms with Gasteiger partial charge in [0.25, 0.3) is 10.0 Å². The maximum atomic E-state index is 12.6. The molecular weight excluding hydrogens is 358 g/mol. The van der Waals surface area contributed by atoms with Crippen LogP contribution in [0.1, 0.15) is 32.1 Å². The van der Waals surface area contributed by atoms with Gasteiger partial charge in [0.2, 0.25) is 5.91 Å². The van der Waals surface area contributed by atoms with Crippen molar-refractivity contribution in [1.29, 1.82) is 0 Å². The fourth-order valence-electron chi connectivity index (χ4n) is 3.58. The van der Waals surface area contributed by atoms with Gasteiger partial charge >= 0.3 is 0 Å². The second kappa shape index (κ2) is 8.62. The molecule has 3 rings (SSSR count). The molecule has 25 heavy (non-hydrogen) atoms. The summed E-state index contributed by atoms with van der Waals surface area (Å²) in [7, 11) is -3.46. The molecule has 2 aliphatic heterocycles. The van der Waals surface area contributed by atoms with Crippen molar-refractivity contribution in [2.45, 2.75) is 36.3 Å². The summed E-state index contributed by atoms with van der Waals surface area (Å²) in [5.41, 5.74) is 0. The number of nitrogens with zero attached hydrogens (tertiary/aromatic N) is 2. The predicted molar refractivity (Wildman–Crippen MR) is 99.1 cm³/mol. The highest BCUT2D eigenvalue weighted by molar-refractivity contribution is 7.91. The van der Waals surface area contributed by atoms with Gasteiger partial charge < -0.3 is 10.2 Å².